The first-order valence-corrected chi connectivity index (χ1v) is 7.25. The van der Waals surface area contributed by atoms with Crippen LogP contribution in [0.25, 0.3) is 0 Å². The second-order valence-electron chi connectivity index (χ2n) is 6.78. The Bertz CT molecular complexity index is 435. The molecule has 2 N–H and O–H groups in total. The summed E-state index contributed by atoms with van der Waals surface area (Å²) < 4.78 is 5.16. The van der Waals surface area contributed by atoms with Crippen molar-refractivity contribution in [2.75, 3.05) is 0 Å². The number of halogens is 1. The standard InChI is InChI=1S/C17H27NO2.ClH/c1-12(2)20-16(19)14-8-6-13(7-9-14)15(18)10-11-17(3,4)5;/h6-9,12,15H,10-11,18H2,1-5H3;1H/t15-;/m0./s1. The average molecular weight is 314 g/mol. The summed E-state index contributed by atoms with van der Waals surface area (Å²) in [5.41, 5.74) is 8.12. The fourth-order valence-electron chi connectivity index (χ4n) is 1.90. The molecule has 0 saturated carbocycles. The molecular formula is C17H28ClNO2. The molecule has 1 rings (SSSR count). The van der Waals surface area contributed by atoms with E-state index in [4.69, 9.17) is 10.5 Å². The molecule has 0 aliphatic carbocycles. The first kappa shape index (κ1) is 19.9. The molecule has 1 aromatic carbocycles. The van der Waals surface area contributed by atoms with Crippen molar-refractivity contribution in [2.24, 2.45) is 11.1 Å². The minimum atomic E-state index is -0.283. The van der Waals surface area contributed by atoms with Gasteiger partial charge in [0, 0.05) is 6.04 Å². The Balaban J connectivity index is 0.00000400. The number of ether oxygens (including phenoxy) is 1. The molecule has 0 unspecified atom stereocenters. The molecule has 0 amide bonds. The van der Waals surface area contributed by atoms with E-state index in [1.807, 2.05) is 26.0 Å². The molecule has 0 fully saturated rings. The largest absolute Gasteiger partial charge is 0.459 e. The molecule has 0 aliphatic heterocycles. The molecule has 1 aromatic rings. The van der Waals surface area contributed by atoms with E-state index in [0.29, 0.717) is 11.0 Å². The van der Waals surface area contributed by atoms with Crippen molar-refractivity contribution in [3.05, 3.63) is 35.4 Å². The van der Waals surface area contributed by atoms with Gasteiger partial charge >= 0.3 is 5.97 Å². The molecule has 0 heterocycles. The third kappa shape index (κ3) is 7.49. The molecule has 1 atom stereocenters. The molecule has 120 valence electrons. The van der Waals surface area contributed by atoms with E-state index in [1.165, 1.54) is 0 Å². The van der Waals surface area contributed by atoms with Gasteiger partial charge in [0.05, 0.1) is 11.7 Å². The van der Waals surface area contributed by atoms with Gasteiger partial charge in [0.25, 0.3) is 0 Å². The minimum Gasteiger partial charge on any atom is -0.459 e. The Morgan fingerprint density at radius 1 is 1.19 bits per heavy atom. The molecule has 21 heavy (non-hydrogen) atoms. The van der Waals surface area contributed by atoms with E-state index < -0.39 is 0 Å². The van der Waals surface area contributed by atoms with Crippen molar-refractivity contribution < 1.29 is 9.53 Å². The normalized spacial score (nSPS) is 12.7. The van der Waals surface area contributed by atoms with E-state index in [2.05, 4.69) is 20.8 Å². The quantitative estimate of drug-likeness (QED) is 0.814. The van der Waals surface area contributed by atoms with Crippen LogP contribution in [0, 0.1) is 5.41 Å². The van der Waals surface area contributed by atoms with Gasteiger partial charge in [-0.15, -0.1) is 12.4 Å². The van der Waals surface area contributed by atoms with E-state index in [9.17, 15) is 4.79 Å². The molecule has 0 spiro atoms. The Labute approximate surface area is 134 Å². The van der Waals surface area contributed by atoms with Crippen LogP contribution in [0.3, 0.4) is 0 Å². The lowest BCUT2D eigenvalue weighted by molar-refractivity contribution is 0.0378. The molecule has 0 bridgehead atoms. The monoisotopic (exact) mass is 313 g/mol. The van der Waals surface area contributed by atoms with Crippen molar-refractivity contribution in [3.8, 4) is 0 Å². The molecule has 0 radical (unpaired) electrons. The van der Waals surface area contributed by atoms with Crippen LogP contribution in [0.5, 0.6) is 0 Å². The predicted octanol–water partition coefficient (Wildman–Crippen LogP) is 4.50. The number of rotatable bonds is 5. The maximum Gasteiger partial charge on any atom is 0.338 e. The van der Waals surface area contributed by atoms with E-state index in [1.54, 1.807) is 12.1 Å². The summed E-state index contributed by atoms with van der Waals surface area (Å²) in [5, 5.41) is 0. The maximum absolute atomic E-state index is 11.7. The number of hydrogen-bond donors (Lipinski definition) is 1. The van der Waals surface area contributed by atoms with Gasteiger partial charge in [0.2, 0.25) is 0 Å². The van der Waals surface area contributed by atoms with Crippen molar-refractivity contribution >= 4 is 18.4 Å². The lowest BCUT2D eigenvalue weighted by Crippen LogP contribution is -2.15. The summed E-state index contributed by atoms with van der Waals surface area (Å²) >= 11 is 0. The third-order valence-electron chi connectivity index (χ3n) is 3.12. The maximum atomic E-state index is 11.7. The zero-order valence-electron chi connectivity index (χ0n) is 13.7. The SMILES string of the molecule is CC(C)OC(=O)c1ccc([C@@H](N)CCC(C)(C)C)cc1.Cl. The Morgan fingerprint density at radius 3 is 2.14 bits per heavy atom. The summed E-state index contributed by atoms with van der Waals surface area (Å²) in [6, 6.07) is 7.44. The zero-order valence-corrected chi connectivity index (χ0v) is 14.5. The molecular weight excluding hydrogens is 286 g/mol. The van der Waals surface area contributed by atoms with Crippen LogP contribution in [0.4, 0.5) is 0 Å². The Morgan fingerprint density at radius 2 is 1.71 bits per heavy atom. The third-order valence-corrected chi connectivity index (χ3v) is 3.12. The highest BCUT2D eigenvalue weighted by atomic mass is 35.5. The highest BCUT2D eigenvalue weighted by molar-refractivity contribution is 5.89. The second kappa shape index (κ2) is 8.40. The summed E-state index contributed by atoms with van der Waals surface area (Å²) in [5.74, 6) is -0.283. The summed E-state index contributed by atoms with van der Waals surface area (Å²) in [6.07, 6.45) is 1.92. The highest BCUT2D eigenvalue weighted by Crippen LogP contribution is 2.26. The van der Waals surface area contributed by atoms with Crippen LogP contribution in [0.2, 0.25) is 0 Å². The van der Waals surface area contributed by atoms with Crippen molar-refractivity contribution in [2.45, 2.75) is 59.6 Å². The lowest BCUT2D eigenvalue weighted by Gasteiger charge is -2.21. The minimum absolute atomic E-state index is 0. The van der Waals surface area contributed by atoms with Crippen LogP contribution in [-0.2, 0) is 4.74 Å². The number of benzene rings is 1. The van der Waals surface area contributed by atoms with Gasteiger partial charge in [-0.3, -0.25) is 0 Å². The molecule has 3 nitrogen and oxygen atoms in total. The van der Waals surface area contributed by atoms with Crippen LogP contribution in [-0.4, -0.2) is 12.1 Å². The van der Waals surface area contributed by atoms with Crippen LogP contribution in [0.1, 0.15) is 69.4 Å². The van der Waals surface area contributed by atoms with Gasteiger partial charge in [-0.25, -0.2) is 4.79 Å². The highest BCUT2D eigenvalue weighted by Gasteiger charge is 2.15. The summed E-state index contributed by atoms with van der Waals surface area (Å²) in [6.45, 7) is 10.3. The molecule has 0 aliphatic rings. The summed E-state index contributed by atoms with van der Waals surface area (Å²) in [4.78, 5) is 11.7. The van der Waals surface area contributed by atoms with Crippen LogP contribution >= 0.6 is 12.4 Å². The number of carbonyl (C=O) groups excluding carboxylic acids is 1. The zero-order chi connectivity index (χ0) is 15.3. The van der Waals surface area contributed by atoms with Gasteiger partial charge in [-0.2, -0.15) is 0 Å². The van der Waals surface area contributed by atoms with Gasteiger partial charge in [0.1, 0.15) is 0 Å². The van der Waals surface area contributed by atoms with Crippen molar-refractivity contribution in [1.82, 2.24) is 0 Å². The van der Waals surface area contributed by atoms with Gasteiger partial charge in [-0.1, -0.05) is 32.9 Å². The number of hydrogen-bond acceptors (Lipinski definition) is 3. The summed E-state index contributed by atoms with van der Waals surface area (Å²) in [7, 11) is 0. The van der Waals surface area contributed by atoms with Gasteiger partial charge in [0.15, 0.2) is 0 Å². The lowest BCUT2D eigenvalue weighted by atomic mass is 9.87. The number of esters is 1. The van der Waals surface area contributed by atoms with E-state index in [0.717, 1.165) is 18.4 Å². The van der Waals surface area contributed by atoms with Crippen LogP contribution in [0.15, 0.2) is 24.3 Å². The fraction of sp³-hybridized carbons (Fsp3) is 0.588. The van der Waals surface area contributed by atoms with E-state index in [-0.39, 0.29) is 30.5 Å². The van der Waals surface area contributed by atoms with Crippen molar-refractivity contribution in [1.29, 1.82) is 0 Å². The second-order valence-corrected chi connectivity index (χ2v) is 6.78. The van der Waals surface area contributed by atoms with Crippen molar-refractivity contribution in [3.63, 3.8) is 0 Å². The van der Waals surface area contributed by atoms with E-state index >= 15 is 0 Å². The fourth-order valence-corrected chi connectivity index (χ4v) is 1.90. The first-order chi connectivity index (χ1) is 9.19. The predicted molar refractivity (Wildman–Crippen MR) is 89.9 cm³/mol. The topological polar surface area (TPSA) is 52.3 Å². The molecule has 0 saturated heterocycles. The van der Waals surface area contributed by atoms with Gasteiger partial charge in [-0.05, 0) is 49.8 Å². The average Bonchev–Trinajstić information content (AvgIpc) is 2.34. The van der Waals surface area contributed by atoms with Crippen LogP contribution < -0.4 is 5.73 Å². The first-order valence-electron chi connectivity index (χ1n) is 7.25. The number of nitrogens with two attached hydrogens (primary N) is 1. The smallest absolute Gasteiger partial charge is 0.338 e. The Hall–Kier alpha value is -1.06. The Kier molecular flexibility index (Phi) is 7.98. The number of carbonyl (C=O) groups is 1. The molecule has 0 aromatic heterocycles. The van der Waals surface area contributed by atoms with Gasteiger partial charge < -0.3 is 10.5 Å². The molecule has 4 heteroatoms.